The molecule has 0 bridgehead atoms. The molecule has 0 unspecified atom stereocenters. The second kappa shape index (κ2) is 7.66. The molecule has 27 heavy (non-hydrogen) atoms. The molecule has 0 spiro atoms. The molecule has 2 aromatic carbocycles. The van der Waals surface area contributed by atoms with E-state index in [1.165, 1.54) is 22.5 Å². The third-order valence-electron chi connectivity index (χ3n) is 4.07. The second-order valence-corrected chi connectivity index (χ2v) is 7.28. The van der Waals surface area contributed by atoms with Gasteiger partial charge in [-0.1, -0.05) is 41.6 Å². The Labute approximate surface area is 164 Å². The van der Waals surface area contributed by atoms with E-state index in [1.54, 1.807) is 18.2 Å². The Morgan fingerprint density at radius 2 is 2.00 bits per heavy atom. The molecule has 140 valence electrons. The zero-order chi connectivity index (χ0) is 18.8. The van der Waals surface area contributed by atoms with Crippen molar-refractivity contribution in [2.75, 3.05) is 19.1 Å². The highest BCUT2D eigenvalue weighted by atomic mass is 35.5. The van der Waals surface area contributed by atoms with Crippen molar-refractivity contribution in [3.8, 4) is 11.5 Å². The van der Waals surface area contributed by atoms with E-state index in [9.17, 15) is 4.39 Å². The molecule has 0 radical (unpaired) electrons. The molecular formula is C18H16ClFN4O2S. The normalized spacial score (nSPS) is 13.0. The monoisotopic (exact) mass is 406 g/mol. The van der Waals surface area contributed by atoms with Gasteiger partial charge >= 0.3 is 0 Å². The van der Waals surface area contributed by atoms with Gasteiger partial charge in [-0.25, -0.2) is 9.07 Å². The molecular weight excluding hydrogens is 391 g/mol. The van der Waals surface area contributed by atoms with Gasteiger partial charge in [0.15, 0.2) is 17.3 Å². The predicted molar refractivity (Wildman–Crippen MR) is 101 cm³/mol. The summed E-state index contributed by atoms with van der Waals surface area (Å²) in [5, 5.41) is 9.23. The third kappa shape index (κ3) is 3.81. The van der Waals surface area contributed by atoms with Crippen LogP contribution in [0.1, 0.15) is 17.0 Å². The molecule has 0 saturated heterocycles. The van der Waals surface area contributed by atoms with Gasteiger partial charge in [0, 0.05) is 12.2 Å². The van der Waals surface area contributed by atoms with Crippen molar-refractivity contribution >= 4 is 23.4 Å². The summed E-state index contributed by atoms with van der Waals surface area (Å²) < 4.78 is 26.3. The lowest BCUT2D eigenvalue weighted by molar-refractivity contribution is 0.171. The minimum atomic E-state index is -0.291. The van der Waals surface area contributed by atoms with Crippen LogP contribution in [0.3, 0.4) is 0 Å². The first kappa shape index (κ1) is 17.9. The van der Waals surface area contributed by atoms with Gasteiger partial charge in [-0.2, -0.15) is 0 Å². The highest BCUT2D eigenvalue weighted by molar-refractivity contribution is 7.98. The van der Waals surface area contributed by atoms with Crippen LogP contribution in [0.2, 0.25) is 5.02 Å². The first-order chi connectivity index (χ1) is 13.1. The van der Waals surface area contributed by atoms with Gasteiger partial charge in [0.25, 0.3) is 0 Å². The first-order valence-electron chi connectivity index (χ1n) is 8.25. The molecule has 0 amide bonds. The lowest BCUT2D eigenvalue weighted by atomic mass is 10.1. The van der Waals surface area contributed by atoms with E-state index >= 15 is 0 Å². The van der Waals surface area contributed by atoms with Gasteiger partial charge in [0.2, 0.25) is 5.16 Å². The molecule has 9 heteroatoms. The quantitative estimate of drug-likeness (QED) is 0.516. The SMILES string of the molecule is Nn1c(Cc2ccccc2F)nnc1SCc1cc(Cl)c2c(c1)OCCO2. The summed E-state index contributed by atoms with van der Waals surface area (Å²) in [5.41, 5.74) is 1.47. The average molecular weight is 407 g/mol. The van der Waals surface area contributed by atoms with Gasteiger partial charge < -0.3 is 15.3 Å². The van der Waals surface area contributed by atoms with E-state index in [0.717, 1.165) is 5.56 Å². The summed E-state index contributed by atoms with van der Waals surface area (Å²) in [6.07, 6.45) is 0.270. The fraction of sp³-hybridized carbons (Fsp3) is 0.222. The number of nitrogen functional groups attached to an aromatic ring is 1. The predicted octanol–water partition coefficient (Wildman–Crippen LogP) is 3.44. The van der Waals surface area contributed by atoms with E-state index < -0.39 is 0 Å². The Hall–Kier alpha value is -2.45. The van der Waals surface area contributed by atoms with Gasteiger partial charge in [-0.05, 0) is 29.3 Å². The molecule has 2 heterocycles. The topological polar surface area (TPSA) is 75.2 Å². The lowest BCUT2D eigenvalue weighted by Gasteiger charge is -2.20. The Bertz CT molecular complexity index is 982. The molecule has 0 saturated carbocycles. The molecule has 2 N–H and O–H groups in total. The number of halogens is 2. The molecule has 0 fully saturated rings. The van der Waals surface area contributed by atoms with Crippen LogP contribution >= 0.6 is 23.4 Å². The minimum absolute atomic E-state index is 0.270. The smallest absolute Gasteiger partial charge is 0.210 e. The fourth-order valence-electron chi connectivity index (χ4n) is 2.73. The van der Waals surface area contributed by atoms with Crippen molar-refractivity contribution in [2.24, 2.45) is 0 Å². The Balaban J connectivity index is 1.47. The van der Waals surface area contributed by atoms with E-state index in [0.29, 0.717) is 52.0 Å². The molecule has 3 aromatic rings. The third-order valence-corrected chi connectivity index (χ3v) is 5.36. The summed E-state index contributed by atoms with van der Waals surface area (Å²) in [4.78, 5) is 0. The van der Waals surface area contributed by atoms with Crippen LogP contribution in [0.4, 0.5) is 4.39 Å². The highest BCUT2D eigenvalue weighted by Gasteiger charge is 2.18. The maximum atomic E-state index is 13.8. The summed E-state index contributed by atoms with van der Waals surface area (Å²) in [5.74, 6) is 8.07. The number of nitrogens with zero attached hydrogens (tertiary/aromatic N) is 3. The van der Waals surface area contributed by atoms with Gasteiger partial charge in [-0.3, -0.25) is 0 Å². The molecule has 6 nitrogen and oxygen atoms in total. The zero-order valence-corrected chi connectivity index (χ0v) is 15.8. The Morgan fingerprint density at radius 1 is 1.19 bits per heavy atom. The van der Waals surface area contributed by atoms with Crippen molar-refractivity contribution in [2.45, 2.75) is 17.3 Å². The zero-order valence-electron chi connectivity index (χ0n) is 14.2. The lowest BCUT2D eigenvalue weighted by Crippen LogP contribution is -2.16. The number of hydrogen-bond acceptors (Lipinski definition) is 6. The van der Waals surface area contributed by atoms with Crippen LogP contribution in [0.15, 0.2) is 41.6 Å². The maximum absolute atomic E-state index is 13.8. The van der Waals surface area contributed by atoms with Crippen LogP contribution in [0, 0.1) is 5.82 Å². The summed E-state index contributed by atoms with van der Waals surface area (Å²) in [7, 11) is 0. The summed E-state index contributed by atoms with van der Waals surface area (Å²) in [6.45, 7) is 0.984. The maximum Gasteiger partial charge on any atom is 0.210 e. The van der Waals surface area contributed by atoms with Crippen LogP contribution in [0.5, 0.6) is 11.5 Å². The number of hydrogen-bond donors (Lipinski definition) is 1. The number of rotatable bonds is 5. The van der Waals surface area contributed by atoms with Crippen molar-refractivity contribution in [3.05, 3.63) is 64.2 Å². The van der Waals surface area contributed by atoms with Crippen molar-refractivity contribution in [3.63, 3.8) is 0 Å². The second-order valence-electron chi connectivity index (χ2n) is 5.93. The van der Waals surface area contributed by atoms with Crippen molar-refractivity contribution < 1.29 is 13.9 Å². The van der Waals surface area contributed by atoms with E-state index in [2.05, 4.69) is 10.2 Å². The van der Waals surface area contributed by atoms with Crippen LogP contribution in [0.25, 0.3) is 0 Å². The van der Waals surface area contributed by atoms with E-state index in [1.807, 2.05) is 12.1 Å². The molecule has 1 aliphatic rings. The van der Waals surface area contributed by atoms with Gasteiger partial charge in [0.1, 0.15) is 19.0 Å². The van der Waals surface area contributed by atoms with Crippen molar-refractivity contribution in [1.29, 1.82) is 0 Å². The Morgan fingerprint density at radius 3 is 2.85 bits per heavy atom. The number of benzene rings is 2. The molecule has 1 aliphatic heterocycles. The summed E-state index contributed by atoms with van der Waals surface area (Å²) >= 11 is 7.67. The highest BCUT2D eigenvalue weighted by Crippen LogP contribution is 2.39. The Kier molecular flexibility index (Phi) is 5.09. The summed E-state index contributed by atoms with van der Waals surface area (Å²) in [6, 6.07) is 10.3. The number of fused-ring (bicyclic) bond motifs is 1. The van der Waals surface area contributed by atoms with Crippen molar-refractivity contribution in [1.82, 2.24) is 14.9 Å². The van der Waals surface area contributed by atoms with E-state index in [4.69, 9.17) is 26.9 Å². The average Bonchev–Trinajstić information content (AvgIpc) is 3.02. The standard InChI is InChI=1S/C18H16ClFN4O2S/c19-13-7-11(8-15-17(13)26-6-5-25-15)10-27-18-23-22-16(24(18)21)9-12-3-1-2-4-14(12)20/h1-4,7-8H,5-6,9-10,21H2. The number of thioether (sulfide) groups is 1. The van der Waals surface area contributed by atoms with Crippen LogP contribution in [-0.4, -0.2) is 28.1 Å². The van der Waals surface area contributed by atoms with E-state index in [-0.39, 0.29) is 12.2 Å². The minimum Gasteiger partial charge on any atom is -0.486 e. The number of ether oxygens (including phenoxy) is 2. The molecule has 0 atom stereocenters. The molecule has 4 rings (SSSR count). The largest absolute Gasteiger partial charge is 0.486 e. The molecule has 0 aliphatic carbocycles. The van der Waals surface area contributed by atoms with Gasteiger partial charge in [0.05, 0.1) is 5.02 Å². The van der Waals surface area contributed by atoms with Crippen LogP contribution in [-0.2, 0) is 12.2 Å². The molecule has 1 aromatic heterocycles. The van der Waals surface area contributed by atoms with Gasteiger partial charge in [-0.15, -0.1) is 10.2 Å². The number of aromatic nitrogens is 3. The first-order valence-corrected chi connectivity index (χ1v) is 9.62. The number of nitrogens with two attached hydrogens (primary N) is 1. The van der Waals surface area contributed by atoms with Crippen LogP contribution < -0.4 is 15.3 Å². The fourth-order valence-corrected chi connectivity index (χ4v) is 3.83.